The Morgan fingerprint density at radius 2 is 1.72 bits per heavy atom. The summed E-state index contributed by atoms with van der Waals surface area (Å²) in [7, 11) is -1.00. The van der Waals surface area contributed by atoms with Gasteiger partial charge in [0.2, 0.25) is 5.91 Å². The average Bonchev–Trinajstić information content (AvgIpc) is 2.81. The topological polar surface area (TPSA) is 84.9 Å². The zero-order valence-corrected chi connectivity index (χ0v) is 19.2. The van der Waals surface area contributed by atoms with Crippen molar-refractivity contribution < 1.29 is 22.7 Å². The normalized spacial score (nSPS) is 11.0. The molecule has 3 rings (SSSR count). The molecule has 0 radical (unpaired) electrons. The fourth-order valence-electron chi connectivity index (χ4n) is 3.01. The van der Waals surface area contributed by atoms with Gasteiger partial charge in [0.15, 0.2) is 0 Å². The maximum Gasteiger partial charge on any atom is 0.264 e. The third-order valence-corrected chi connectivity index (χ3v) is 6.75. The molecule has 0 spiro atoms. The van der Waals surface area contributed by atoms with E-state index in [1.807, 2.05) is 12.1 Å². The van der Waals surface area contributed by atoms with Gasteiger partial charge in [-0.05, 0) is 48.0 Å². The van der Waals surface area contributed by atoms with Gasteiger partial charge in [-0.1, -0.05) is 41.9 Å². The Morgan fingerprint density at radius 3 is 2.38 bits per heavy atom. The summed E-state index contributed by atoms with van der Waals surface area (Å²) in [5.41, 5.74) is 1.07. The van der Waals surface area contributed by atoms with E-state index >= 15 is 0 Å². The summed E-state index contributed by atoms with van der Waals surface area (Å²) in [5.74, 6) is 0.590. The van der Waals surface area contributed by atoms with E-state index in [9.17, 15) is 13.2 Å². The first-order valence-electron chi connectivity index (χ1n) is 9.66. The van der Waals surface area contributed by atoms with Gasteiger partial charge in [0, 0.05) is 6.54 Å². The van der Waals surface area contributed by atoms with Crippen molar-refractivity contribution in [2.24, 2.45) is 0 Å². The van der Waals surface area contributed by atoms with Gasteiger partial charge in [-0.25, -0.2) is 8.42 Å². The van der Waals surface area contributed by atoms with Crippen LogP contribution in [0.15, 0.2) is 77.7 Å². The third kappa shape index (κ3) is 5.52. The monoisotopic (exact) mass is 474 g/mol. The van der Waals surface area contributed by atoms with Crippen LogP contribution in [0, 0.1) is 0 Å². The first kappa shape index (κ1) is 23.4. The standard InChI is InChI=1S/C23H23ClN2O5S/c1-30-19-8-6-7-17(13-19)15-25-23(27)16-26(18-11-12-22(31-2)21(24)14-18)32(28,29)20-9-4-3-5-10-20/h3-14H,15-16H2,1-2H3,(H,25,27). The van der Waals surface area contributed by atoms with Crippen molar-refractivity contribution in [1.82, 2.24) is 5.32 Å². The van der Waals surface area contributed by atoms with Gasteiger partial charge < -0.3 is 14.8 Å². The molecule has 168 valence electrons. The molecule has 3 aromatic carbocycles. The number of ether oxygens (including phenoxy) is 2. The fraction of sp³-hybridized carbons (Fsp3) is 0.174. The molecule has 0 fully saturated rings. The van der Waals surface area contributed by atoms with Crippen LogP contribution in [0.1, 0.15) is 5.56 Å². The molecule has 0 saturated heterocycles. The number of hydrogen-bond acceptors (Lipinski definition) is 5. The van der Waals surface area contributed by atoms with Crippen molar-refractivity contribution in [3.8, 4) is 11.5 Å². The molecular weight excluding hydrogens is 452 g/mol. The summed E-state index contributed by atoms with van der Waals surface area (Å²) in [5, 5.41) is 2.98. The van der Waals surface area contributed by atoms with Crippen LogP contribution in [0.5, 0.6) is 11.5 Å². The molecule has 0 heterocycles. The average molecular weight is 475 g/mol. The smallest absolute Gasteiger partial charge is 0.264 e. The summed E-state index contributed by atoms with van der Waals surface area (Å²) in [4.78, 5) is 12.8. The van der Waals surface area contributed by atoms with Crippen molar-refractivity contribution in [1.29, 1.82) is 0 Å². The van der Waals surface area contributed by atoms with Gasteiger partial charge in [-0.3, -0.25) is 9.10 Å². The number of rotatable bonds is 9. The van der Waals surface area contributed by atoms with Crippen LogP contribution in [0.25, 0.3) is 0 Å². The Labute approximate surface area is 192 Å². The molecule has 0 aliphatic rings. The number of hydrogen-bond donors (Lipinski definition) is 1. The largest absolute Gasteiger partial charge is 0.497 e. The number of methoxy groups -OCH3 is 2. The van der Waals surface area contributed by atoms with E-state index < -0.39 is 22.5 Å². The maximum atomic E-state index is 13.3. The summed E-state index contributed by atoms with van der Waals surface area (Å²) in [6.07, 6.45) is 0. The van der Waals surface area contributed by atoms with Gasteiger partial charge >= 0.3 is 0 Å². The summed E-state index contributed by atoms with van der Waals surface area (Å²) in [6.45, 7) is -0.206. The van der Waals surface area contributed by atoms with E-state index in [0.29, 0.717) is 11.5 Å². The van der Waals surface area contributed by atoms with Crippen LogP contribution in [-0.4, -0.2) is 35.1 Å². The number of benzene rings is 3. The quantitative estimate of drug-likeness (QED) is 0.509. The van der Waals surface area contributed by atoms with Crippen LogP contribution < -0.4 is 19.1 Å². The van der Waals surface area contributed by atoms with Gasteiger partial charge in [-0.2, -0.15) is 0 Å². The first-order chi connectivity index (χ1) is 15.3. The number of nitrogens with one attached hydrogen (secondary N) is 1. The van der Waals surface area contributed by atoms with Gasteiger partial charge in [0.1, 0.15) is 18.0 Å². The Hall–Kier alpha value is -3.23. The first-order valence-corrected chi connectivity index (χ1v) is 11.5. The van der Waals surface area contributed by atoms with Crippen LogP contribution in [-0.2, 0) is 21.4 Å². The number of sulfonamides is 1. The molecule has 0 atom stereocenters. The number of halogens is 1. The Morgan fingerprint density at radius 1 is 0.969 bits per heavy atom. The van der Waals surface area contributed by atoms with Crippen molar-refractivity contribution >= 4 is 33.2 Å². The summed E-state index contributed by atoms with van der Waals surface area (Å²) in [6, 6.07) is 19.7. The van der Waals surface area contributed by atoms with Gasteiger partial charge in [0.05, 0.1) is 29.8 Å². The number of carbonyl (C=O) groups is 1. The lowest BCUT2D eigenvalue weighted by atomic mass is 10.2. The summed E-state index contributed by atoms with van der Waals surface area (Å²) < 4.78 is 38.0. The lowest BCUT2D eigenvalue weighted by Crippen LogP contribution is -2.40. The lowest BCUT2D eigenvalue weighted by molar-refractivity contribution is -0.119. The van der Waals surface area contributed by atoms with E-state index in [4.69, 9.17) is 21.1 Å². The molecular formula is C23H23ClN2O5S. The molecule has 32 heavy (non-hydrogen) atoms. The minimum atomic E-state index is -4.03. The second kappa shape index (κ2) is 10.4. The predicted molar refractivity (Wildman–Crippen MR) is 124 cm³/mol. The Balaban J connectivity index is 1.87. The van der Waals surface area contributed by atoms with Crippen LogP contribution in [0.2, 0.25) is 5.02 Å². The van der Waals surface area contributed by atoms with Crippen molar-refractivity contribution in [2.75, 3.05) is 25.1 Å². The second-order valence-electron chi connectivity index (χ2n) is 6.77. The van der Waals surface area contributed by atoms with Crippen LogP contribution in [0.4, 0.5) is 5.69 Å². The lowest BCUT2D eigenvalue weighted by Gasteiger charge is -2.24. The SMILES string of the molecule is COc1cccc(CNC(=O)CN(c2ccc(OC)c(Cl)c2)S(=O)(=O)c2ccccc2)c1. The van der Waals surface area contributed by atoms with Crippen LogP contribution >= 0.6 is 11.6 Å². The predicted octanol–water partition coefficient (Wildman–Crippen LogP) is 3.87. The molecule has 1 amide bonds. The number of anilines is 1. The molecule has 7 nitrogen and oxygen atoms in total. The molecule has 0 aliphatic carbocycles. The molecule has 9 heteroatoms. The third-order valence-electron chi connectivity index (χ3n) is 4.67. The molecule has 0 saturated carbocycles. The van der Waals surface area contributed by atoms with E-state index in [1.54, 1.807) is 49.6 Å². The zero-order chi connectivity index (χ0) is 23.1. The maximum absolute atomic E-state index is 13.3. The minimum absolute atomic E-state index is 0.0625. The highest BCUT2D eigenvalue weighted by atomic mass is 35.5. The summed E-state index contributed by atoms with van der Waals surface area (Å²) >= 11 is 6.22. The van der Waals surface area contributed by atoms with E-state index in [0.717, 1.165) is 9.87 Å². The Bertz CT molecular complexity index is 1190. The molecule has 1 N–H and O–H groups in total. The van der Waals surface area contributed by atoms with Crippen molar-refractivity contribution in [2.45, 2.75) is 11.4 Å². The van der Waals surface area contributed by atoms with Crippen LogP contribution in [0.3, 0.4) is 0 Å². The molecule has 0 aromatic heterocycles. The zero-order valence-electron chi connectivity index (χ0n) is 17.6. The Kier molecular flexibility index (Phi) is 7.61. The van der Waals surface area contributed by atoms with E-state index in [2.05, 4.69) is 5.32 Å². The molecule has 3 aromatic rings. The minimum Gasteiger partial charge on any atom is -0.497 e. The highest BCUT2D eigenvalue weighted by Crippen LogP contribution is 2.31. The molecule has 0 bridgehead atoms. The van der Waals surface area contributed by atoms with Gasteiger partial charge in [-0.15, -0.1) is 0 Å². The van der Waals surface area contributed by atoms with E-state index in [1.165, 1.54) is 25.3 Å². The van der Waals surface area contributed by atoms with Gasteiger partial charge in [0.25, 0.3) is 10.0 Å². The van der Waals surface area contributed by atoms with Crippen molar-refractivity contribution in [3.63, 3.8) is 0 Å². The number of amides is 1. The van der Waals surface area contributed by atoms with E-state index in [-0.39, 0.29) is 22.2 Å². The second-order valence-corrected chi connectivity index (χ2v) is 9.04. The number of nitrogens with zero attached hydrogens (tertiary/aromatic N) is 1. The highest BCUT2D eigenvalue weighted by molar-refractivity contribution is 7.92. The van der Waals surface area contributed by atoms with Crippen molar-refractivity contribution in [3.05, 3.63) is 83.4 Å². The molecule has 0 aliphatic heterocycles. The number of carbonyl (C=O) groups excluding carboxylic acids is 1. The highest BCUT2D eigenvalue weighted by Gasteiger charge is 2.27. The molecule has 0 unspecified atom stereocenters. The fourth-order valence-corrected chi connectivity index (χ4v) is 4.70.